The van der Waals surface area contributed by atoms with Crippen molar-refractivity contribution in [1.29, 1.82) is 0 Å². The highest BCUT2D eigenvalue weighted by Crippen LogP contribution is 2.18. The fourth-order valence-electron chi connectivity index (χ4n) is 1.61. The molecule has 0 aliphatic rings. The molecule has 0 atom stereocenters. The van der Waals surface area contributed by atoms with Gasteiger partial charge in [-0.05, 0) is 17.7 Å². The van der Waals surface area contributed by atoms with Crippen molar-refractivity contribution in [2.24, 2.45) is 0 Å². The first kappa shape index (κ1) is 12.2. The molecule has 0 saturated heterocycles. The van der Waals surface area contributed by atoms with Crippen LogP contribution < -0.4 is 10.1 Å². The predicted octanol–water partition coefficient (Wildman–Crippen LogP) is 3.22. The summed E-state index contributed by atoms with van der Waals surface area (Å²) in [6.45, 7) is 2.00. The molecule has 3 nitrogen and oxygen atoms in total. The van der Waals surface area contributed by atoms with Gasteiger partial charge in [0, 0.05) is 18.7 Å². The van der Waals surface area contributed by atoms with Crippen molar-refractivity contribution in [3.63, 3.8) is 0 Å². The molecule has 0 heterocycles. The predicted molar refractivity (Wildman–Crippen MR) is 71.5 cm³/mol. The van der Waals surface area contributed by atoms with Crippen LogP contribution in [0.5, 0.6) is 5.75 Å². The Labute approximate surface area is 106 Å². The lowest BCUT2D eigenvalue weighted by Crippen LogP contribution is -2.05. The summed E-state index contributed by atoms with van der Waals surface area (Å²) in [5, 5.41) is 2.72. The van der Waals surface area contributed by atoms with E-state index in [0.717, 1.165) is 17.0 Å². The fourth-order valence-corrected chi connectivity index (χ4v) is 1.61. The van der Waals surface area contributed by atoms with Crippen molar-refractivity contribution in [2.45, 2.75) is 13.5 Å². The van der Waals surface area contributed by atoms with Crippen molar-refractivity contribution in [2.75, 3.05) is 5.32 Å². The van der Waals surface area contributed by atoms with Crippen molar-refractivity contribution in [1.82, 2.24) is 0 Å². The number of rotatable bonds is 4. The summed E-state index contributed by atoms with van der Waals surface area (Å²) in [7, 11) is 0. The van der Waals surface area contributed by atoms with Crippen LogP contribution in [0.4, 0.5) is 5.69 Å². The number of anilines is 1. The number of hydrogen-bond donors (Lipinski definition) is 1. The smallest absolute Gasteiger partial charge is 0.221 e. The van der Waals surface area contributed by atoms with Crippen LogP contribution in [0.15, 0.2) is 54.6 Å². The van der Waals surface area contributed by atoms with Gasteiger partial charge in [0.2, 0.25) is 5.91 Å². The molecule has 2 rings (SSSR count). The van der Waals surface area contributed by atoms with Crippen molar-refractivity contribution < 1.29 is 9.53 Å². The molecule has 0 aliphatic heterocycles. The number of nitrogens with one attached hydrogen (secondary N) is 1. The quantitative estimate of drug-likeness (QED) is 0.892. The molecule has 2 aromatic rings. The standard InChI is InChI=1S/C15H15NO2/c1-12(17)16-14-8-5-9-15(10-14)18-11-13-6-3-2-4-7-13/h2-10H,11H2,1H3,(H,16,17). The Balaban J connectivity index is 1.99. The number of benzene rings is 2. The summed E-state index contributed by atoms with van der Waals surface area (Å²) in [6, 6.07) is 17.3. The summed E-state index contributed by atoms with van der Waals surface area (Å²) in [6.07, 6.45) is 0. The third kappa shape index (κ3) is 3.63. The molecule has 0 aliphatic carbocycles. The van der Waals surface area contributed by atoms with Gasteiger partial charge in [-0.3, -0.25) is 4.79 Å². The number of ether oxygens (including phenoxy) is 1. The Morgan fingerprint density at radius 2 is 1.89 bits per heavy atom. The van der Waals surface area contributed by atoms with E-state index in [1.807, 2.05) is 54.6 Å². The Morgan fingerprint density at radius 1 is 1.11 bits per heavy atom. The van der Waals surface area contributed by atoms with Gasteiger partial charge in [0.1, 0.15) is 12.4 Å². The second kappa shape index (κ2) is 5.87. The number of amides is 1. The Morgan fingerprint density at radius 3 is 2.61 bits per heavy atom. The Bertz CT molecular complexity index is 523. The second-order valence-corrected chi connectivity index (χ2v) is 3.98. The highest BCUT2D eigenvalue weighted by molar-refractivity contribution is 5.88. The summed E-state index contributed by atoms with van der Waals surface area (Å²) in [5.41, 5.74) is 1.86. The van der Waals surface area contributed by atoms with Gasteiger partial charge < -0.3 is 10.1 Å². The number of carbonyl (C=O) groups excluding carboxylic acids is 1. The molecule has 18 heavy (non-hydrogen) atoms. The maximum absolute atomic E-state index is 11.0. The molecule has 1 N–H and O–H groups in total. The summed E-state index contributed by atoms with van der Waals surface area (Å²) in [5.74, 6) is 0.653. The summed E-state index contributed by atoms with van der Waals surface area (Å²) >= 11 is 0. The maximum Gasteiger partial charge on any atom is 0.221 e. The van der Waals surface area contributed by atoms with Crippen molar-refractivity contribution in [3.05, 3.63) is 60.2 Å². The van der Waals surface area contributed by atoms with Crippen molar-refractivity contribution >= 4 is 11.6 Å². The van der Waals surface area contributed by atoms with Crippen LogP contribution in [0, 0.1) is 0 Å². The normalized spacial score (nSPS) is 9.83. The molecular weight excluding hydrogens is 226 g/mol. The SMILES string of the molecule is CC(=O)Nc1cccc(OCc2ccccc2)c1. The third-order valence-electron chi connectivity index (χ3n) is 2.40. The largest absolute Gasteiger partial charge is 0.489 e. The van der Waals surface area contributed by atoms with Crippen LogP contribution in [0.3, 0.4) is 0 Å². The van der Waals surface area contributed by atoms with E-state index in [1.54, 1.807) is 0 Å². The monoisotopic (exact) mass is 241 g/mol. The highest BCUT2D eigenvalue weighted by Gasteiger charge is 1.99. The van der Waals surface area contributed by atoms with Crippen molar-refractivity contribution in [3.8, 4) is 5.75 Å². The molecule has 0 radical (unpaired) electrons. The van der Waals surface area contributed by atoms with Gasteiger partial charge in [0.05, 0.1) is 0 Å². The van der Waals surface area contributed by atoms with Gasteiger partial charge >= 0.3 is 0 Å². The topological polar surface area (TPSA) is 38.3 Å². The van der Waals surface area contributed by atoms with E-state index in [4.69, 9.17) is 4.74 Å². The first-order valence-corrected chi connectivity index (χ1v) is 5.78. The van der Waals surface area contributed by atoms with Gasteiger partial charge in [-0.15, -0.1) is 0 Å². The summed E-state index contributed by atoms with van der Waals surface area (Å²) < 4.78 is 5.66. The molecule has 0 spiro atoms. The van der Waals surface area contributed by atoms with Crippen LogP contribution in [-0.2, 0) is 11.4 Å². The molecule has 0 bridgehead atoms. The molecule has 0 fully saturated rings. The molecule has 0 saturated carbocycles. The van der Waals surface area contributed by atoms with Crippen LogP contribution in [0.1, 0.15) is 12.5 Å². The van der Waals surface area contributed by atoms with Crippen LogP contribution >= 0.6 is 0 Å². The lowest BCUT2D eigenvalue weighted by Gasteiger charge is -2.08. The van der Waals surface area contributed by atoms with E-state index >= 15 is 0 Å². The minimum absolute atomic E-state index is 0.0878. The van der Waals surface area contributed by atoms with Crippen LogP contribution in [0.25, 0.3) is 0 Å². The summed E-state index contributed by atoms with van der Waals surface area (Å²) in [4.78, 5) is 11.0. The fraction of sp³-hybridized carbons (Fsp3) is 0.133. The second-order valence-electron chi connectivity index (χ2n) is 3.98. The minimum Gasteiger partial charge on any atom is -0.489 e. The van der Waals surface area contributed by atoms with Gasteiger partial charge in [-0.1, -0.05) is 36.4 Å². The van der Waals surface area contributed by atoms with Gasteiger partial charge in [0.25, 0.3) is 0 Å². The molecule has 2 aromatic carbocycles. The zero-order valence-corrected chi connectivity index (χ0v) is 10.2. The molecule has 3 heteroatoms. The first-order chi connectivity index (χ1) is 8.74. The van der Waals surface area contributed by atoms with Crippen LogP contribution in [-0.4, -0.2) is 5.91 Å². The molecule has 0 unspecified atom stereocenters. The average Bonchev–Trinajstić information content (AvgIpc) is 2.37. The number of hydrogen-bond acceptors (Lipinski definition) is 2. The first-order valence-electron chi connectivity index (χ1n) is 5.78. The van der Waals surface area contributed by atoms with Gasteiger partial charge in [0.15, 0.2) is 0 Å². The van der Waals surface area contributed by atoms with Crippen LogP contribution in [0.2, 0.25) is 0 Å². The number of carbonyl (C=O) groups is 1. The van der Waals surface area contributed by atoms with E-state index in [0.29, 0.717) is 6.61 Å². The van der Waals surface area contributed by atoms with E-state index in [-0.39, 0.29) is 5.91 Å². The third-order valence-corrected chi connectivity index (χ3v) is 2.40. The zero-order chi connectivity index (χ0) is 12.8. The lowest BCUT2D eigenvalue weighted by molar-refractivity contribution is -0.114. The highest BCUT2D eigenvalue weighted by atomic mass is 16.5. The molecule has 92 valence electrons. The van der Waals surface area contributed by atoms with E-state index < -0.39 is 0 Å². The minimum atomic E-state index is -0.0878. The van der Waals surface area contributed by atoms with E-state index in [2.05, 4.69) is 5.32 Å². The molecule has 0 aromatic heterocycles. The van der Waals surface area contributed by atoms with E-state index in [9.17, 15) is 4.79 Å². The van der Waals surface area contributed by atoms with E-state index in [1.165, 1.54) is 6.92 Å². The Hall–Kier alpha value is -2.29. The maximum atomic E-state index is 11.0. The molecule has 1 amide bonds. The van der Waals surface area contributed by atoms with Gasteiger partial charge in [-0.25, -0.2) is 0 Å². The van der Waals surface area contributed by atoms with Gasteiger partial charge in [-0.2, -0.15) is 0 Å². The molecular formula is C15H15NO2. The zero-order valence-electron chi connectivity index (χ0n) is 10.2. The lowest BCUT2D eigenvalue weighted by atomic mass is 10.2. The Kier molecular flexibility index (Phi) is 3.97. The average molecular weight is 241 g/mol.